The molecule has 2 heterocycles. The van der Waals surface area contributed by atoms with Crippen molar-refractivity contribution in [2.24, 2.45) is 0 Å². The molecule has 0 spiro atoms. The molecule has 0 aliphatic carbocycles. The van der Waals surface area contributed by atoms with E-state index >= 15 is 0 Å². The molecule has 0 saturated carbocycles. The van der Waals surface area contributed by atoms with E-state index in [9.17, 15) is 4.79 Å². The zero-order valence-electron chi connectivity index (χ0n) is 7.40. The second-order valence-corrected chi connectivity index (χ2v) is 3.16. The van der Waals surface area contributed by atoms with Crippen LogP contribution in [0.2, 0.25) is 5.02 Å². The Morgan fingerprint density at radius 3 is 3.14 bits per heavy atom. The summed E-state index contributed by atoms with van der Waals surface area (Å²) in [6.07, 6.45) is 4.88. The number of aromatic nitrogens is 2. The van der Waals surface area contributed by atoms with Gasteiger partial charge in [0.2, 0.25) is 0 Å². The molecule has 0 radical (unpaired) electrons. The number of esters is 1. The van der Waals surface area contributed by atoms with Crippen molar-refractivity contribution in [1.82, 2.24) is 9.38 Å². The molecule has 0 aliphatic heterocycles. The monoisotopic (exact) mass is 210 g/mol. The first-order chi connectivity index (χ1) is 6.72. The summed E-state index contributed by atoms with van der Waals surface area (Å²) in [5, 5.41) is 0.349. The number of halogens is 1. The van der Waals surface area contributed by atoms with Crippen LogP contribution in [0.15, 0.2) is 24.8 Å². The van der Waals surface area contributed by atoms with Gasteiger partial charge in [-0.1, -0.05) is 11.6 Å². The molecular formula is C9H7ClN2O2. The number of carbonyl (C=O) groups excluding carboxylic acids is 1. The maximum atomic E-state index is 11.3. The highest BCUT2D eigenvalue weighted by Gasteiger charge is 2.11. The Balaban J connectivity index is 2.64. The van der Waals surface area contributed by atoms with Crippen LogP contribution in [0.1, 0.15) is 10.4 Å². The normalized spacial score (nSPS) is 10.4. The van der Waals surface area contributed by atoms with Crippen LogP contribution in [-0.2, 0) is 4.74 Å². The largest absolute Gasteiger partial charge is 0.465 e. The molecule has 0 saturated heterocycles. The quantitative estimate of drug-likeness (QED) is 0.674. The molecule has 0 atom stereocenters. The average Bonchev–Trinajstić information content (AvgIpc) is 2.62. The molecule has 0 unspecified atom stereocenters. The number of fused-ring (bicyclic) bond motifs is 1. The molecule has 4 nitrogen and oxygen atoms in total. The number of carbonyl (C=O) groups is 1. The summed E-state index contributed by atoms with van der Waals surface area (Å²) in [7, 11) is 1.32. The van der Waals surface area contributed by atoms with Gasteiger partial charge < -0.3 is 9.14 Å². The topological polar surface area (TPSA) is 43.6 Å². The van der Waals surface area contributed by atoms with Gasteiger partial charge in [0.1, 0.15) is 0 Å². The van der Waals surface area contributed by atoms with Gasteiger partial charge in [-0.15, -0.1) is 0 Å². The van der Waals surface area contributed by atoms with Gasteiger partial charge in [-0.2, -0.15) is 0 Å². The van der Waals surface area contributed by atoms with Crippen molar-refractivity contribution in [1.29, 1.82) is 0 Å². The van der Waals surface area contributed by atoms with Crippen LogP contribution in [0.25, 0.3) is 5.52 Å². The second kappa shape index (κ2) is 3.31. The molecule has 2 rings (SSSR count). The lowest BCUT2D eigenvalue weighted by Crippen LogP contribution is -2.02. The van der Waals surface area contributed by atoms with E-state index < -0.39 is 5.97 Å². The van der Waals surface area contributed by atoms with Gasteiger partial charge in [0.05, 0.1) is 35.7 Å². The van der Waals surface area contributed by atoms with Crippen LogP contribution in [0.3, 0.4) is 0 Å². The summed E-state index contributed by atoms with van der Waals surface area (Å²) >= 11 is 5.88. The number of nitrogens with zero attached hydrogens (tertiary/aromatic N) is 2. The van der Waals surface area contributed by atoms with Crippen LogP contribution in [0.5, 0.6) is 0 Å². The van der Waals surface area contributed by atoms with Crippen LogP contribution in [-0.4, -0.2) is 22.5 Å². The SMILES string of the molecule is COC(=O)c1cc2cncn2cc1Cl. The minimum atomic E-state index is -0.446. The molecule has 14 heavy (non-hydrogen) atoms. The molecule has 0 aromatic carbocycles. The van der Waals surface area contributed by atoms with E-state index in [0.717, 1.165) is 5.52 Å². The van der Waals surface area contributed by atoms with Gasteiger partial charge in [-0.05, 0) is 6.07 Å². The third-order valence-electron chi connectivity index (χ3n) is 1.90. The Morgan fingerprint density at radius 1 is 1.64 bits per heavy atom. The number of hydrogen-bond acceptors (Lipinski definition) is 3. The average molecular weight is 211 g/mol. The summed E-state index contributed by atoms with van der Waals surface area (Å²) in [4.78, 5) is 15.2. The standard InChI is InChI=1S/C9H7ClN2O2/c1-14-9(13)7-2-6-3-11-5-12(6)4-8(7)10/h2-5H,1H3. The minimum Gasteiger partial charge on any atom is -0.465 e. The first-order valence-corrected chi connectivity index (χ1v) is 4.29. The highest BCUT2D eigenvalue weighted by molar-refractivity contribution is 6.33. The number of pyridine rings is 1. The lowest BCUT2D eigenvalue weighted by Gasteiger charge is -2.02. The summed E-state index contributed by atoms with van der Waals surface area (Å²) in [5.41, 5.74) is 1.15. The Bertz CT molecular complexity index is 493. The fourth-order valence-corrected chi connectivity index (χ4v) is 1.45. The molecule has 5 heteroatoms. The molecule has 0 aliphatic rings. The van der Waals surface area contributed by atoms with Crippen LogP contribution in [0.4, 0.5) is 0 Å². The molecule has 2 aromatic rings. The zero-order chi connectivity index (χ0) is 10.1. The Labute approximate surface area is 85.1 Å². The number of imidazole rings is 1. The summed E-state index contributed by atoms with van der Waals surface area (Å²) in [6, 6.07) is 1.64. The van der Waals surface area contributed by atoms with Crippen LogP contribution < -0.4 is 0 Å². The van der Waals surface area contributed by atoms with Crippen LogP contribution >= 0.6 is 11.6 Å². The molecule has 72 valence electrons. The van der Waals surface area contributed by atoms with Crippen molar-refractivity contribution < 1.29 is 9.53 Å². The van der Waals surface area contributed by atoms with Gasteiger partial charge in [0.25, 0.3) is 0 Å². The maximum absolute atomic E-state index is 11.3. The van der Waals surface area contributed by atoms with Gasteiger partial charge in [0.15, 0.2) is 0 Å². The Morgan fingerprint density at radius 2 is 2.43 bits per heavy atom. The lowest BCUT2D eigenvalue weighted by molar-refractivity contribution is 0.0601. The number of ether oxygens (including phenoxy) is 1. The first kappa shape index (κ1) is 9.02. The van der Waals surface area contributed by atoms with Gasteiger partial charge in [-0.3, -0.25) is 0 Å². The zero-order valence-corrected chi connectivity index (χ0v) is 8.15. The number of methoxy groups -OCH3 is 1. The molecule has 0 bridgehead atoms. The molecule has 0 fully saturated rings. The van der Waals surface area contributed by atoms with E-state index in [1.54, 1.807) is 29.2 Å². The predicted octanol–water partition coefficient (Wildman–Crippen LogP) is 1.77. The van der Waals surface area contributed by atoms with Gasteiger partial charge in [0, 0.05) is 6.20 Å². The van der Waals surface area contributed by atoms with Crippen LogP contribution in [0, 0.1) is 0 Å². The third kappa shape index (κ3) is 1.33. The molecule has 0 N–H and O–H groups in total. The van der Waals surface area contributed by atoms with Gasteiger partial charge in [-0.25, -0.2) is 9.78 Å². The van der Waals surface area contributed by atoms with Crippen molar-refractivity contribution in [3.05, 3.63) is 35.4 Å². The van der Waals surface area contributed by atoms with Crippen molar-refractivity contribution in [3.8, 4) is 0 Å². The molecular weight excluding hydrogens is 204 g/mol. The molecule has 0 amide bonds. The van der Waals surface area contributed by atoms with Gasteiger partial charge >= 0.3 is 5.97 Å². The van der Waals surface area contributed by atoms with E-state index in [1.807, 2.05) is 0 Å². The summed E-state index contributed by atoms with van der Waals surface area (Å²) in [5.74, 6) is -0.446. The van der Waals surface area contributed by atoms with E-state index in [0.29, 0.717) is 10.6 Å². The number of rotatable bonds is 1. The summed E-state index contributed by atoms with van der Waals surface area (Å²) < 4.78 is 6.32. The second-order valence-electron chi connectivity index (χ2n) is 2.75. The Kier molecular flexibility index (Phi) is 2.13. The smallest absolute Gasteiger partial charge is 0.339 e. The fourth-order valence-electron chi connectivity index (χ4n) is 1.21. The predicted molar refractivity (Wildman–Crippen MR) is 51.5 cm³/mol. The summed E-state index contributed by atoms with van der Waals surface area (Å²) in [6.45, 7) is 0. The van der Waals surface area contributed by atoms with Crippen molar-refractivity contribution in [2.45, 2.75) is 0 Å². The molecule has 2 aromatic heterocycles. The van der Waals surface area contributed by atoms with E-state index in [-0.39, 0.29) is 0 Å². The van der Waals surface area contributed by atoms with Crippen molar-refractivity contribution in [3.63, 3.8) is 0 Å². The highest BCUT2D eigenvalue weighted by Crippen LogP contribution is 2.18. The highest BCUT2D eigenvalue weighted by atomic mass is 35.5. The van der Waals surface area contributed by atoms with E-state index in [4.69, 9.17) is 11.6 Å². The van der Waals surface area contributed by atoms with E-state index in [1.165, 1.54) is 7.11 Å². The van der Waals surface area contributed by atoms with E-state index in [2.05, 4.69) is 9.72 Å². The first-order valence-electron chi connectivity index (χ1n) is 3.92. The maximum Gasteiger partial charge on any atom is 0.339 e. The minimum absolute atomic E-state index is 0.349. The Hall–Kier alpha value is -1.55. The van der Waals surface area contributed by atoms with Crippen molar-refractivity contribution >= 4 is 23.1 Å². The third-order valence-corrected chi connectivity index (χ3v) is 2.20. The van der Waals surface area contributed by atoms with Crippen molar-refractivity contribution in [2.75, 3.05) is 7.11 Å². The fraction of sp³-hybridized carbons (Fsp3) is 0.111. The number of hydrogen-bond donors (Lipinski definition) is 0. The lowest BCUT2D eigenvalue weighted by atomic mass is 10.2.